The Kier molecular flexibility index (Phi) is 63.4. The molecule has 0 bridgehead atoms. The van der Waals surface area contributed by atoms with Crippen molar-refractivity contribution in [3.63, 3.8) is 0 Å². The molecule has 0 aromatic heterocycles. The summed E-state index contributed by atoms with van der Waals surface area (Å²) in [6.45, 7) is 3.62. The Morgan fingerprint density at radius 3 is 1.75 bits per heavy atom. The molecule has 0 aromatic rings. The summed E-state index contributed by atoms with van der Waals surface area (Å²) in [5.74, 6) is 0. The first-order chi connectivity index (χ1) is 2.41. The summed E-state index contributed by atoms with van der Waals surface area (Å²) >= 11 is 0. The third-order valence-corrected chi connectivity index (χ3v) is 0.333. The topological polar surface area (TPSA) is 20.2 Å². The van der Waals surface area contributed by atoms with E-state index in [0.717, 1.165) is 0 Å². The second-order valence-electron chi connectivity index (χ2n) is 0.801. The summed E-state index contributed by atoms with van der Waals surface area (Å²) < 4.78 is 0. The van der Waals surface area contributed by atoms with Crippen LogP contribution in [0.25, 0.3) is 0 Å². The van der Waals surface area contributed by atoms with Crippen LogP contribution in [0.3, 0.4) is 0 Å². The van der Waals surface area contributed by atoms with E-state index >= 15 is 0 Å². The summed E-state index contributed by atoms with van der Waals surface area (Å²) in [6, 6.07) is 0. The predicted molar refractivity (Wildman–Crippen MR) is 25.2 cm³/mol. The summed E-state index contributed by atoms with van der Waals surface area (Å²) in [4.78, 5) is 0. The van der Waals surface area contributed by atoms with Gasteiger partial charge in [-0.3, -0.25) is 0 Å². The van der Waals surface area contributed by atoms with Gasteiger partial charge in [-0.05, 0) is 6.42 Å². The number of aliphatic hydroxyl groups excluding tert-OH is 1. The smallest absolute Gasteiger partial charge is 1.00 e. The molecule has 1 N–H and O–H groups in total. The second-order valence-corrected chi connectivity index (χ2v) is 0.801. The van der Waals surface area contributed by atoms with Gasteiger partial charge in [0.2, 0.25) is 0 Å². The average Bonchev–Trinajstić information content (AvgIpc) is 1.41. The van der Waals surface area contributed by atoms with Crippen molar-refractivity contribution in [1.82, 2.24) is 0 Å². The van der Waals surface area contributed by atoms with Gasteiger partial charge in [0.05, 0.1) is 0 Å². The Morgan fingerprint density at radius 2 is 1.75 bits per heavy atom. The molecule has 0 aliphatic carbocycles. The number of hydrogen-bond acceptors (Lipinski definition) is 1. The molecule has 0 fully saturated rings. The largest absolute Gasteiger partial charge is 1.00 e. The van der Waals surface area contributed by atoms with Crippen LogP contribution in [0.5, 0.6) is 0 Å². The molecule has 36 valence electrons. The molecular formula is C4H11Na3O. The van der Waals surface area contributed by atoms with Gasteiger partial charge in [0.25, 0.3) is 0 Å². The molecule has 0 unspecified atom stereocenters. The molecule has 0 rings (SSSR count). The van der Waals surface area contributed by atoms with Crippen LogP contribution in [0.15, 0.2) is 12.7 Å². The van der Waals surface area contributed by atoms with Crippen molar-refractivity contribution in [2.75, 3.05) is 6.61 Å². The van der Waals surface area contributed by atoms with Crippen molar-refractivity contribution in [2.45, 2.75) is 6.42 Å². The fraction of sp³-hybridized carbons (Fsp3) is 0.500. The van der Waals surface area contributed by atoms with Crippen molar-refractivity contribution >= 4 is 0 Å². The van der Waals surface area contributed by atoms with Crippen LogP contribution in [0.1, 0.15) is 10.7 Å². The Balaban J connectivity index is -0.00000000533. The van der Waals surface area contributed by atoms with E-state index in [4.69, 9.17) is 5.11 Å². The quantitative estimate of drug-likeness (QED) is 0.301. The van der Waals surface area contributed by atoms with Gasteiger partial charge < -0.3 is 9.39 Å². The van der Waals surface area contributed by atoms with E-state index in [9.17, 15) is 0 Å². The van der Waals surface area contributed by atoms with Crippen LogP contribution in [0, 0.1) is 0 Å². The molecule has 0 heterocycles. The molecule has 0 spiro atoms. The summed E-state index contributed by atoms with van der Waals surface area (Å²) in [5, 5.41) is 8.00. The van der Waals surface area contributed by atoms with E-state index in [0.29, 0.717) is 6.42 Å². The number of hydrogen-bond donors (Lipinski definition) is 1. The van der Waals surface area contributed by atoms with Crippen LogP contribution in [-0.2, 0) is 0 Å². The predicted octanol–water partition coefficient (Wildman–Crippen LogP) is -8.10. The van der Waals surface area contributed by atoms with Crippen LogP contribution in [0.2, 0.25) is 0 Å². The Hall–Kier alpha value is 2.70. The SMILES string of the molecule is C=CCCO.[H-].[H-].[H-].[Na+].[Na+].[Na+]. The molecule has 1 nitrogen and oxygen atoms in total. The zero-order valence-electron chi connectivity index (χ0n) is 9.15. The number of rotatable bonds is 2. The molecule has 0 aliphatic heterocycles. The van der Waals surface area contributed by atoms with E-state index in [1.807, 2.05) is 0 Å². The van der Waals surface area contributed by atoms with Crippen LogP contribution in [-0.4, -0.2) is 11.7 Å². The van der Waals surface area contributed by atoms with Gasteiger partial charge in [-0.25, -0.2) is 0 Å². The summed E-state index contributed by atoms with van der Waals surface area (Å²) in [7, 11) is 0. The minimum Gasteiger partial charge on any atom is -1.00 e. The monoisotopic (exact) mass is 144 g/mol. The van der Waals surface area contributed by atoms with Crippen LogP contribution < -0.4 is 88.7 Å². The van der Waals surface area contributed by atoms with E-state index < -0.39 is 0 Å². The molecule has 0 saturated heterocycles. The molecule has 8 heavy (non-hydrogen) atoms. The van der Waals surface area contributed by atoms with Gasteiger partial charge in [0.1, 0.15) is 0 Å². The van der Waals surface area contributed by atoms with Gasteiger partial charge in [-0.15, -0.1) is 6.58 Å². The first kappa shape index (κ1) is 22.4. The molecule has 0 atom stereocenters. The summed E-state index contributed by atoms with van der Waals surface area (Å²) in [6.07, 6.45) is 2.39. The van der Waals surface area contributed by atoms with Crippen molar-refractivity contribution in [3.05, 3.63) is 12.7 Å². The maximum atomic E-state index is 8.00. The standard InChI is InChI=1S/C4H8O.3Na.3H/c1-2-3-4-5;;;;;;/h2,5H,1,3-4H2;;;;;;/q;3*+1;3*-1. The molecule has 0 amide bonds. The molecule has 0 saturated carbocycles. The first-order valence-electron chi connectivity index (χ1n) is 1.63. The Bertz CT molecular complexity index is 41.8. The van der Waals surface area contributed by atoms with Crippen LogP contribution in [0.4, 0.5) is 0 Å². The van der Waals surface area contributed by atoms with E-state index in [2.05, 4.69) is 6.58 Å². The minimum absolute atomic E-state index is 0. The fourth-order valence-electron chi connectivity index (χ4n) is 0.0913. The van der Waals surface area contributed by atoms with Gasteiger partial charge in [-0.2, -0.15) is 0 Å². The molecular weight excluding hydrogens is 133 g/mol. The average molecular weight is 144 g/mol. The molecule has 0 aliphatic rings. The maximum Gasteiger partial charge on any atom is 1.00 e. The van der Waals surface area contributed by atoms with E-state index in [1.54, 1.807) is 6.08 Å². The zero-order valence-corrected chi connectivity index (χ0v) is 12.1. The Labute approximate surface area is 122 Å². The van der Waals surface area contributed by atoms with Crippen molar-refractivity contribution < 1.29 is 98.1 Å². The molecule has 0 aromatic carbocycles. The molecule has 4 heteroatoms. The number of aliphatic hydroxyl groups is 1. The maximum absolute atomic E-state index is 8.00. The van der Waals surface area contributed by atoms with Crippen molar-refractivity contribution in [1.29, 1.82) is 0 Å². The Morgan fingerprint density at radius 1 is 1.38 bits per heavy atom. The van der Waals surface area contributed by atoms with Gasteiger partial charge >= 0.3 is 88.7 Å². The molecule has 0 radical (unpaired) electrons. The third kappa shape index (κ3) is 23.4. The van der Waals surface area contributed by atoms with Gasteiger partial charge in [0, 0.05) is 6.61 Å². The second kappa shape index (κ2) is 22.6. The van der Waals surface area contributed by atoms with E-state index in [-0.39, 0.29) is 99.6 Å². The summed E-state index contributed by atoms with van der Waals surface area (Å²) in [5.41, 5.74) is 0. The first-order valence-corrected chi connectivity index (χ1v) is 1.63. The minimum atomic E-state index is 0. The third-order valence-electron chi connectivity index (χ3n) is 0.333. The van der Waals surface area contributed by atoms with E-state index in [1.165, 1.54) is 0 Å². The normalized spacial score (nSPS) is 4.62. The van der Waals surface area contributed by atoms with Gasteiger partial charge in [0.15, 0.2) is 0 Å². The van der Waals surface area contributed by atoms with Gasteiger partial charge in [-0.1, -0.05) is 6.08 Å². The van der Waals surface area contributed by atoms with Crippen molar-refractivity contribution in [3.8, 4) is 0 Å². The zero-order chi connectivity index (χ0) is 4.12. The fourth-order valence-corrected chi connectivity index (χ4v) is 0.0913. The van der Waals surface area contributed by atoms with Crippen LogP contribution >= 0.6 is 0 Å². The van der Waals surface area contributed by atoms with Crippen molar-refractivity contribution in [2.24, 2.45) is 0 Å².